The maximum absolute atomic E-state index is 5.91. The topological polar surface area (TPSA) is 52.1 Å². The molecule has 0 aromatic rings. The molecule has 6 nitrogen and oxygen atoms in total. The Bertz CT molecular complexity index is 427. The van der Waals surface area contributed by atoms with E-state index in [2.05, 4.69) is 46.2 Å². The van der Waals surface area contributed by atoms with E-state index < -0.39 is 0 Å². The second kappa shape index (κ2) is 14.8. The number of unbranched alkanes of at least 4 members (excludes halogenated alkanes) is 1. The molecule has 0 aliphatic carbocycles. The number of nitrogens with one attached hydrogen (secondary N) is 2. The summed E-state index contributed by atoms with van der Waals surface area (Å²) in [4.78, 5) is 9.48. The van der Waals surface area contributed by atoms with Gasteiger partial charge in [0, 0.05) is 39.8 Å². The number of guanidine groups is 1. The highest BCUT2D eigenvalue weighted by Gasteiger charge is 2.21. The number of nitrogens with zero attached hydrogens (tertiary/aromatic N) is 3. The van der Waals surface area contributed by atoms with Crippen molar-refractivity contribution in [1.82, 2.24) is 20.4 Å². The summed E-state index contributed by atoms with van der Waals surface area (Å²) < 4.78 is 5.91. The lowest BCUT2D eigenvalue weighted by Gasteiger charge is -2.34. The molecule has 0 aromatic heterocycles. The number of piperidine rings is 1. The van der Waals surface area contributed by atoms with Crippen molar-refractivity contribution in [2.75, 3.05) is 66.0 Å². The first kappa shape index (κ1) is 25.9. The van der Waals surface area contributed by atoms with Crippen LogP contribution in [0.25, 0.3) is 0 Å². The number of ether oxygens (including phenoxy) is 1. The Morgan fingerprint density at radius 3 is 2.54 bits per heavy atom. The van der Waals surface area contributed by atoms with Crippen molar-refractivity contribution in [2.45, 2.75) is 52.6 Å². The van der Waals surface area contributed by atoms with Crippen molar-refractivity contribution in [1.29, 1.82) is 0 Å². The highest BCUT2D eigenvalue weighted by molar-refractivity contribution is 14.0. The van der Waals surface area contributed by atoms with Crippen LogP contribution in [0.4, 0.5) is 0 Å². The Kier molecular flexibility index (Phi) is 13.7. The molecule has 0 saturated carbocycles. The zero-order chi connectivity index (χ0) is 19.5. The van der Waals surface area contributed by atoms with E-state index in [0.29, 0.717) is 5.92 Å². The lowest BCUT2D eigenvalue weighted by molar-refractivity contribution is -0.0284. The van der Waals surface area contributed by atoms with E-state index in [1.807, 2.05) is 7.05 Å². The molecular weight excluding hydrogens is 465 g/mol. The number of morpholine rings is 1. The second-order valence-corrected chi connectivity index (χ2v) is 8.76. The van der Waals surface area contributed by atoms with Crippen LogP contribution in [0.5, 0.6) is 0 Å². The maximum atomic E-state index is 5.91. The molecule has 28 heavy (non-hydrogen) atoms. The molecule has 2 saturated heterocycles. The van der Waals surface area contributed by atoms with Crippen molar-refractivity contribution in [3.05, 3.63) is 0 Å². The van der Waals surface area contributed by atoms with Crippen molar-refractivity contribution < 1.29 is 4.74 Å². The highest BCUT2D eigenvalue weighted by atomic mass is 127. The van der Waals surface area contributed by atoms with Crippen LogP contribution in [0.1, 0.15) is 46.5 Å². The third-order valence-electron chi connectivity index (χ3n) is 5.64. The summed E-state index contributed by atoms with van der Waals surface area (Å²) in [5.74, 6) is 2.52. The number of halogens is 1. The van der Waals surface area contributed by atoms with Gasteiger partial charge in [0.2, 0.25) is 0 Å². The van der Waals surface area contributed by atoms with Crippen LogP contribution in [0.3, 0.4) is 0 Å². The zero-order valence-electron chi connectivity index (χ0n) is 18.6. The fourth-order valence-corrected chi connectivity index (χ4v) is 3.97. The molecule has 1 unspecified atom stereocenters. The first-order valence-electron chi connectivity index (χ1n) is 11.1. The van der Waals surface area contributed by atoms with Gasteiger partial charge in [0.1, 0.15) is 0 Å². The highest BCUT2D eigenvalue weighted by Crippen LogP contribution is 2.16. The fraction of sp³-hybridized carbons (Fsp3) is 0.952. The summed E-state index contributed by atoms with van der Waals surface area (Å²) in [5, 5.41) is 6.88. The Balaban J connectivity index is 0.00000392. The summed E-state index contributed by atoms with van der Waals surface area (Å²) in [7, 11) is 1.84. The number of rotatable bonds is 9. The third-order valence-corrected chi connectivity index (χ3v) is 5.64. The Hall–Kier alpha value is -0.120. The minimum Gasteiger partial charge on any atom is -0.374 e. The summed E-state index contributed by atoms with van der Waals surface area (Å²) in [6.45, 7) is 16.6. The molecule has 1 atom stereocenters. The van der Waals surface area contributed by atoms with Gasteiger partial charge < -0.3 is 20.3 Å². The van der Waals surface area contributed by atoms with Crippen LogP contribution in [-0.4, -0.2) is 87.9 Å². The van der Waals surface area contributed by atoms with E-state index in [1.54, 1.807) is 0 Å². The van der Waals surface area contributed by atoms with E-state index >= 15 is 0 Å². The van der Waals surface area contributed by atoms with E-state index in [1.165, 1.54) is 45.3 Å². The molecular formula is C21H44IN5O. The van der Waals surface area contributed by atoms with Gasteiger partial charge in [0.05, 0.1) is 12.7 Å². The first-order chi connectivity index (χ1) is 13.1. The lowest BCUT2D eigenvalue weighted by Crippen LogP contribution is -2.50. The molecule has 2 aliphatic heterocycles. The quantitative estimate of drug-likeness (QED) is 0.217. The van der Waals surface area contributed by atoms with Crippen LogP contribution in [0.15, 0.2) is 4.99 Å². The van der Waals surface area contributed by atoms with Crippen LogP contribution in [-0.2, 0) is 4.74 Å². The number of hydrogen-bond donors (Lipinski definition) is 2. The monoisotopic (exact) mass is 509 g/mol. The van der Waals surface area contributed by atoms with Crippen molar-refractivity contribution in [3.63, 3.8) is 0 Å². The molecule has 0 spiro atoms. The molecule has 2 fully saturated rings. The molecule has 2 heterocycles. The SMILES string of the molecule is CN=C(NCCCCN1CCC(C)CC1)NCC1CN(CC(C)C)CCO1.I. The van der Waals surface area contributed by atoms with Crippen LogP contribution in [0, 0.1) is 11.8 Å². The van der Waals surface area contributed by atoms with Crippen LogP contribution >= 0.6 is 24.0 Å². The van der Waals surface area contributed by atoms with Crippen molar-refractivity contribution in [3.8, 4) is 0 Å². The van der Waals surface area contributed by atoms with Gasteiger partial charge in [0.25, 0.3) is 0 Å². The molecule has 0 bridgehead atoms. The second-order valence-electron chi connectivity index (χ2n) is 8.76. The summed E-state index contributed by atoms with van der Waals surface area (Å²) in [6, 6.07) is 0. The molecule has 0 radical (unpaired) electrons. The smallest absolute Gasteiger partial charge is 0.191 e. The largest absolute Gasteiger partial charge is 0.374 e. The molecule has 166 valence electrons. The maximum Gasteiger partial charge on any atom is 0.191 e. The Morgan fingerprint density at radius 1 is 1.11 bits per heavy atom. The lowest BCUT2D eigenvalue weighted by atomic mass is 9.99. The van der Waals surface area contributed by atoms with E-state index in [4.69, 9.17) is 4.74 Å². The average molecular weight is 510 g/mol. The average Bonchev–Trinajstić information content (AvgIpc) is 2.65. The third kappa shape index (κ3) is 10.6. The van der Waals surface area contributed by atoms with E-state index in [0.717, 1.165) is 51.2 Å². The van der Waals surface area contributed by atoms with Gasteiger partial charge in [-0.25, -0.2) is 0 Å². The molecule has 0 amide bonds. The van der Waals surface area contributed by atoms with Gasteiger partial charge >= 0.3 is 0 Å². The number of hydrogen-bond acceptors (Lipinski definition) is 4. The predicted octanol–water partition coefficient (Wildman–Crippen LogP) is 2.64. The van der Waals surface area contributed by atoms with Crippen molar-refractivity contribution in [2.24, 2.45) is 16.8 Å². The summed E-state index contributed by atoms with van der Waals surface area (Å²) >= 11 is 0. The number of likely N-dealkylation sites (tertiary alicyclic amines) is 1. The van der Waals surface area contributed by atoms with Gasteiger partial charge in [0.15, 0.2) is 5.96 Å². The fourth-order valence-electron chi connectivity index (χ4n) is 3.97. The van der Waals surface area contributed by atoms with E-state index in [-0.39, 0.29) is 30.1 Å². The predicted molar refractivity (Wildman–Crippen MR) is 130 cm³/mol. The van der Waals surface area contributed by atoms with Crippen LogP contribution in [0.2, 0.25) is 0 Å². The number of aliphatic imine (C=N–C) groups is 1. The molecule has 0 aromatic carbocycles. The zero-order valence-corrected chi connectivity index (χ0v) is 20.9. The first-order valence-corrected chi connectivity index (χ1v) is 11.1. The van der Waals surface area contributed by atoms with Gasteiger partial charge in [-0.1, -0.05) is 20.8 Å². The standard InChI is InChI=1S/C21H43N5O.HI/c1-18(2)16-26-13-14-27-20(17-26)15-24-21(22-4)23-9-5-6-10-25-11-7-19(3)8-12-25;/h18-20H,5-17H2,1-4H3,(H2,22,23,24);1H. The molecule has 2 aliphatic rings. The molecule has 2 N–H and O–H groups in total. The van der Waals surface area contributed by atoms with Crippen LogP contribution < -0.4 is 10.6 Å². The normalized spacial score (nSPS) is 22.9. The summed E-state index contributed by atoms with van der Waals surface area (Å²) in [5.41, 5.74) is 0. The van der Waals surface area contributed by atoms with Gasteiger partial charge in [-0.15, -0.1) is 24.0 Å². The molecule has 7 heteroatoms. The van der Waals surface area contributed by atoms with E-state index in [9.17, 15) is 0 Å². The minimum atomic E-state index is 0. The minimum absolute atomic E-state index is 0. The molecule has 2 rings (SSSR count). The van der Waals surface area contributed by atoms with Gasteiger partial charge in [-0.3, -0.25) is 9.89 Å². The Morgan fingerprint density at radius 2 is 1.86 bits per heavy atom. The van der Waals surface area contributed by atoms with Gasteiger partial charge in [-0.05, 0) is 57.2 Å². The van der Waals surface area contributed by atoms with Crippen molar-refractivity contribution >= 4 is 29.9 Å². The summed E-state index contributed by atoms with van der Waals surface area (Å²) in [6.07, 6.45) is 5.43. The Labute approximate surface area is 190 Å². The van der Waals surface area contributed by atoms with Gasteiger partial charge in [-0.2, -0.15) is 0 Å².